The number of aryl methyl sites for hydroxylation is 1. The molecule has 2 fully saturated rings. The number of piperidine rings is 1. The molecule has 1 saturated carbocycles. The summed E-state index contributed by atoms with van der Waals surface area (Å²) >= 11 is 0. The minimum absolute atomic E-state index is 0.739. The van der Waals surface area contributed by atoms with Crippen LogP contribution in [-0.2, 0) is 6.42 Å². The molecule has 0 radical (unpaired) electrons. The molecule has 0 aromatic heterocycles. The van der Waals surface area contributed by atoms with Gasteiger partial charge in [0.25, 0.3) is 0 Å². The van der Waals surface area contributed by atoms with Crippen molar-refractivity contribution in [3.05, 3.63) is 29.8 Å². The molecule has 1 aliphatic carbocycles. The topological polar surface area (TPSA) is 29.3 Å². The van der Waals surface area contributed by atoms with Gasteiger partial charge in [0.1, 0.15) is 0 Å². The molecule has 1 spiro atoms. The Morgan fingerprint density at radius 2 is 1.76 bits per heavy atom. The Labute approximate surface area is 129 Å². The van der Waals surface area contributed by atoms with Crippen molar-refractivity contribution in [1.82, 2.24) is 4.90 Å². The van der Waals surface area contributed by atoms with Gasteiger partial charge in [-0.15, -0.1) is 0 Å². The summed E-state index contributed by atoms with van der Waals surface area (Å²) in [7, 11) is 0. The lowest BCUT2D eigenvalue weighted by molar-refractivity contribution is 0.0674. The van der Waals surface area contributed by atoms with E-state index in [2.05, 4.69) is 23.1 Å². The Bertz CT molecular complexity index is 439. The second kappa shape index (κ2) is 6.83. The van der Waals surface area contributed by atoms with E-state index in [-0.39, 0.29) is 0 Å². The molecule has 0 bridgehead atoms. The minimum atomic E-state index is 0.739. The van der Waals surface area contributed by atoms with Crippen LogP contribution in [0.15, 0.2) is 24.3 Å². The molecule has 116 valence electrons. The summed E-state index contributed by atoms with van der Waals surface area (Å²) in [6.45, 7) is 3.92. The zero-order valence-corrected chi connectivity index (χ0v) is 13.3. The lowest BCUT2D eigenvalue weighted by Gasteiger charge is -2.44. The predicted molar refractivity (Wildman–Crippen MR) is 90.4 cm³/mol. The van der Waals surface area contributed by atoms with Crippen LogP contribution in [0.5, 0.6) is 0 Å². The average molecular weight is 286 g/mol. The van der Waals surface area contributed by atoms with Crippen LogP contribution in [0.4, 0.5) is 5.69 Å². The first-order valence-electron chi connectivity index (χ1n) is 8.83. The van der Waals surface area contributed by atoms with Crippen molar-refractivity contribution in [2.45, 2.75) is 57.8 Å². The van der Waals surface area contributed by atoms with Gasteiger partial charge in [-0.25, -0.2) is 0 Å². The molecule has 2 heteroatoms. The third-order valence-corrected chi connectivity index (χ3v) is 5.72. The van der Waals surface area contributed by atoms with Gasteiger partial charge in [0, 0.05) is 5.69 Å². The molecule has 2 N–H and O–H groups in total. The van der Waals surface area contributed by atoms with Crippen LogP contribution in [0.2, 0.25) is 0 Å². The Balaban J connectivity index is 1.39. The average Bonchev–Trinajstić information content (AvgIpc) is 2.51. The number of benzene rings is 1. The Morgan fingerprint density at radius 1 is 1.00 bits per heavy atom. The second-order valence-corrected chi connectivity index (χ2v) is 7.25. The first kappa shape index (κ1) is 14.9. The van der Waals surface area contributed by atoms with E-state index >= 15 is 0 Å². The SMILES string of the molecule is Nc1cccc(CCCN2CCC3(CCCCC3)CC2)c1. The quantitative estimate of drug-likeness (QED) is 0.839. The summed E-state index contributed by atoms with van der Waals surface area (Å²) in [6.07, 6.45) is 12.8. The van der Waals surface area contributed by atoms with Gasteiger partial charge in [0.2, 0.25) is 0 Å². The summed E-state index contributed by atoms with van der Waals surface area (Å²) in [5, 5.41) is 0. The number of rotatable bonds is 4. The molecular weight excluding hydrogens is 256 g/mol. The molecule has 1 aromatic carbocycles. The van der Waals surface area contributed by atoms with Crippen LogP contribution in [0.25, 0.3) is 0 Å². The fourth-order valence-electron chi connectivity index (χ4n) is 4.31. The summed E-state index contributed by atoms with van der Waals surface area (Å²) in [4.78, 5) is 2.69. The Morgan fingerprint density at radius 3 is 2.48 bits per heavy atom. The molecule has 0 atom stereocenters. The molecular formula is C19H30N2. The van der Waals surface area contributed by atoms with E-state index < -0.39 is 0 Å². The number of hydrogen-bond acceptors (Lipinski definition) is 2. The van der Waals surface area contributed by atoms with Crippen molar-refractivity contribution in [1.29, 1.82) is 0 Å². The van der Waals surface area contributed by atoms with E-state index in [1.165, 1.54) is 76.6 Å². The maximum absolute atomic E-state index is 5.84. The van der Waals surface area contributed by atoms with E-state index in [9.17, 15) is 0 Å². The number of hydrogen-bond donors (Lipinski definition) is 1. The van der Waals surface area contributed by atoms with E-state index in [0.717, 1.165) is 17.5 Å². The highest BCUT2D eigenvalue weighted by atomic mass is 15.1. The van der Waals surface area contributed by atoms with Crippen LogP contribution in [0.3, 0.4) is 0 Å². The third kappa shape index (κ3) is 4.00. The highest BCUT2D eigenvalue weighted by Crippen LogP contribution is 2.44. The van der Waals surface area contributed by atoms with Crippen molar-refractivity contribution < 1.29 is 0 Å². The van der Waals surface area contributed by atoms with Crippen molar-refractivity contribution in [3.8, 4) is 0 Å². The smallest absolute Gasteiger partial charge is 0.0316 e. The molecule has 2 nitrogen and oxygen atoms in total. The van der Waals surface area contributed by atoms with E-state index in [1.807, 2.05) is 6.07 Å². The first-order chi connectivity index (χ1) is 10.3. The maximum atomic E-state index is 5.84. The molecule has 2 aliphatic rings. The van der Waals surface area contributed by atoms with Gasteiger partial charge in [-0.2, -0.15) is 0 Å². The van der Waals surface area contributed by atoms with E-state index in [4.69, 9.17) is 5.73 Å². The van der Waals surface area contributed by atoms with Gasteiger partial charge >= 0.3 is 0 Å². The minimum Gasteiger partial charge on any atom is -0.399 e. The molecule has 1 aliphatic heterocycles. The van der Waals surface area contributed by atoms with Crippen LogP contribution in [0, 0.1) is 5.41 Å². The summed E-state index contributed by atoms with van der Waals surface area (Å²) in [6, 6.07) is 8.35. The zero-order valence-electron chi connectivity index (χ0n) is 13.3. The number of nitrogens with two attached hydrogens (primary N) is 1. The molecule has 0 amide bonds. The van der Waals surface area contributed by atoms with Crippen LogP contribution in [-0.4, -0.2) is 24.5 Å². The predicted octanol–water partition coefficient (Wildman–Crippen LogP) is 4.25. The normalized spacial score (nSPS) is 22.5. The summed E-state index contributed by atoms with van der Waals surface area (Å²) < 4.78 is 0. The largest absolute Gasteiger partial charge is 0.399 e. The molecule has 3 rings (SSSR count). The van der Waals surface area contributed by atoms with Crippen LogP contribution < -0.4 is 5.73 Å². The van der Waals surface area contributed by atoms with Gasteiger partial charge < -0.3 is 10.6 Å². The van der Waals surface area contributed by atoms with Gasteiger partial charge in [0.05, 0.1) is 0 Å². The zero-order chi connectivity index (χ0) is 14.5. The number of nitrogen functional groups attached to an aromatic ring is 1. The fourth-order valence-corrected chi connectivity index (χ4v) is 4.31. The summed E-state index contributed by atoms with van der Waals surface area (Å²) in [5.41, 5.74) is 8.86. The third-order valence-electron chi connectivity index (χ3n) is 5.72. The molecule has 0 unspecified atom stereocenters. The van der Waals surface area contributed by atoms with Gasteiger partial charge in [-0.1, -0.05) is 31.4 Å². The molecule has 1 heterocycles. The lowest BCUT2D eigenvalue weighted by atomic mass is 9.68. The number of anilines is 1. The van der Waals surface area contributed by atoms with E-state index in [1.54, 1.807) is 0 Å². The highest BCUT2D eigenvalue weighted by molar-refractivity contribution is 5.40. The molecule has 21 heavy (non-hydrogen) atoms. The van der Waals surface area contributed by atoms with Crippen molar-refractivity contribution >= 4 is 5.69 Å². The lowest BCUT2D eigenvalue weighted by Crippen LogP contribution is -2.41. The fraction of sp³-hybridized carbons (Fsp3) is 0.684. The monoisotopic (exact) mass is 286 g/mol. The van der Waals surface area contributed by atoms with Gasteiger partial charge in [-0.3, -0.25) is 0 Å². The maximum Gasteiger partial charge on any atom is 0.0316 e. The number of likely N-dealkylation sites (tertiary alicyclic amines) is 1. The Hall–Kier alpha value is -1.02. The second-order valence-electron chi connectivity index (χ2n) is 7.25. The standard InChI is InChI=1S/C19H30N2/c20-18-8-4-6-17(16-18)7-5-13-21-14-11-19(12-15-21)9-2-1-3-10-19/h4,6,8,16H,1-3,5,7,9-15,20H2. The first-order valence-corrected chi connectivity index (χ1v) is 8.83. The molecule has 1 saturated heterocycles. The van der Waals surface area contributed by atoms with Crippen LogP contribution >= 0.6 is 0 Å². The Kier molecular flexibility index (Phi) is 4.84. The van der Waals surface area contributed by atoms with Crippen molar-refractivity contribution in [3.63, 3.8) is 0 Å². The van der Waals surface area contributed by atoms with Gasteiger partial charge in [-0.05, 0) is 81.3 Å². The van der Waals surface area contributed by atoms with E-state index in [0.29, 0.717) is 0 Å². The van der Waals surface area contributed by atoms with Crippen molar-refractivity contribution in [2.75, 3.05) is 25.4 Å². The highest BCUT2D eigenvalue weighted by Gasteiger charge is 2.35. The van der Waals surface area contributed by atoms with Crippen molar-refractivity contribution in [2.24, 2.45) is 5.41 Å². The summed E-state index contributed by atoms with van der Waals surface area (Å²) in [5.74, 6) is 0. The molecule has 1 aromatic rings. The van der Waals surface area contributed by atoms with Crippen LogP contribution in [0.1, 0.15) is 56.9 Å². The van der Waals surface area contributed by atoms with Gasteiger partial charge in [0.15, 0.2) is 0 Å². The number of nitrogens with zero attached hydrogens (tertiary/aromatic N) is 1.